The van der Waals surface area contributed by atoms with Crippen molar-refractivity contribution >= 4 is 78.9 Å². The van der Waals surface area contributed by atoms with Crippen LogP contribution in [-0.2, 0) is 26.2 Å². The third-order valence-corrected chi connectivity index (χ3v) is 5.05. The summed E-state index contributed by atoms with van der Waals surface area (Å²) in [6, 6.07) is 38.5. The summed E-state index contributed by atoms with van der Waals surface area (Å²) in [6.45, 7) is 0. The quantitative estimate of drug-likeness (QED) is 0.131. The molecule has 0 aliphatic rings. The average Bonchev–Trinajstić information content (AvgIpc) is 3.27. The Kier molecular flexibility index (Phi) is 14.7. The molecule has 0 spiro atoms. The number of hydrogen-bond donors (Lipinski definition) is 0. The van der Waals surface area contributed by atoms with Crippen LogP contribution in [0.1, 0.15) is 0 Å². The van der Waals surface area contributed by atoms with Crippen LogP contribution in [0.2, 0.25) is 0 Å². The molecule has 0 saturated carbocycles. The van der Waals surface area contributed by atoms with Crippen LogP contribution in [-0.4, -0.2) is 11.0 Å². The molecule has 4 radical (unpaired) electrons. The molecule has 0 saturated heterocycles. The van der Waals surface area contributed by atoms with Crippen LogP contribution >= 0.6 is 24.8 Å². The van der Waals surface area contributed by atoms with Gasteiger partial charge in [-0.3, -0.25) is 0 Å². The topological polar surface area (TPSA) is 0 Å². The zero-order valence-corrected chi connectivity index (χ0v) is 23.3. The van der Waals surface area contributed by atoms with Gasteiger partial charge in [-0.2, -0.15) is 0 Å². The summed E-state index contributed by atoms with van der Waals surface area (Å²) in [4.78, 5) is 0. The summed E-state index contributed by atoms with van der Waals surface area (Å²) in [6.07, 6.45) is 0. The van der Waals surface area contributed by atoms with Crippen LogP contribution in [0.5, 0.6) is 0 Å². The molecule has 0 aromatic heterocycles. The van der Waals surface area contributed by atoms with Gasteiger partial charge in [0.1, 0.15) is 0 Å². The van der Waals surface area contributed by atoms with Crippen LogP contribution in [0.4, 0.5) is 0 Å². The second-order valence-electron chi connectivity index (χ2n) is 6.64. The number of rotatable bonds is 0. The molecule has 4 heteroatoms. The first-order valence-electron chi connectivity index (χ1n) is 8.96. The largest absolute Gasteiger partial charge is 4.00 e. The number of benzene rings is 4. The van der Waals surface area contributed by atoms with Crippen LogP contribution < -0.4 is 0 Å². The third kappa shape index (κ3) is 6.21. The van der Waals surface area contributed by atoms with Crippen molar-refractivity contribution in [3.8, 4) is 0 Å². The molecule has 32 heavy (non-hydrogen) atoms. The molecule has 0 unspecified atom stereocenters. The molecule has 6 aromatic rings. The standard InChI is InChI=1S/2C13H9.2CH3.2ClH.Si.Zr/c2*1-3-7-12-10(5-1)9-11-6-2-4-8-13(11)12;;;;;;/h2*1-9H;2*1H3;2*1H;;/q4*-1;;;;+4. The van der Waals surface area contributed by atoms with E-state index in [1.807, 2.05) is 0 Å². The third-order valence-electron chi connectivity index (χ3n) is 5.05. The fraction of sp³-hybridized carbons (Fsp3) is 0. The predicted octanol–water partition coefficient (Wildman–Crippen LogP) is 8.78. The summed E-state index contributed by atoms with van der Waals surface area (Å²) >= 11 is 0. The summed E-state index contributed by atoms with van der Waals surface area (Å²) in [5, 5.41) is 10.8. The predicted molar refractivity (Wildman–Crippen MR) is 147 cm³/mol. The summed E-state index contributed by atoms with van der Waals surface area (Å²) in [5.74, 6) is 0. The maximum atomic E-state index is 2.24. The van der Waals surface area contributed by atoms with Crippen LogP contribution in [0.15, 0.2) is 109 Å². The Morgan fingerprint density at radius 2 is 0.562 bits per heavy atom. The van der Waals surface area contributed by atoms with E-state index in [1.165, 1.54) is 43.1 Å². The van der Waals surface area contributed by atoms with Crippen molar-refractivity contribution in [2.45, 2.75) is 0 Å². The van der Waals surface area contributed by atoms with E-state index >= 15 is 0 Å². The van der Waals surface area contributed by atoms with E-state index in [-0.39, 0.29) is 76.8 Å². The van der Waals surface area contributed by atoms with Gasteiger partial charge >= 0.3 is 26.2 Å². The van der Waals surface area contributed by atoms with Crippen LogP contribution in [0, 0.1) is 14.9 Å². The van der Waals surface area contributed by atoms with Gasteiger partial charge in [0, 0.05) is 11.0 Å². The Hall–Kier alpha value is -1.70. The van der Waals surface area contributed by atoms with Gasteiger partial charge in [-0.25, -0.2) is 0 Å². The van der Waals surface area contributed by atoms with Crippen molar-refractivity contribution in [3.05, 3.63) is 124 Å². The normalized spacial score (nSPS) is 9.00. The molecule has 160 valence electrons. The molecule has 0 aliphatic heterocycles. The van der Waals surface area contributed by atoms with Gasteiger partial charge in [-0.05, 0) is 0 Å². The minimum Gasteiger partial charge on any atom is -0.358 e. The van der Waals surface area contributed by atoms with E-state index in [2.05, 4.69) is 109 Å². The molecule has 6 aromatic carbocycles. The first kappa shape index (κ1) is 32.5. The van der Waals surface area contributed by atoms with E-state index in [0.29, 0.717) is 0 Å². The van der Waals surface area contributed by atoms with Gasteiger partial charge in [-0.15, -0.1) is 104 Å². The van der Waals surface area contributed by atoms with Crippen molar-refractivity contribution in [1.82, 2.24) is 0 Å². The maximum absolute atomic E-state index is 2.24. The van der Waals surface area contributed by atoms with Crippen molar-refractivity contribution < 1.29 is 26.2 Å². The van der Waals surface area contributed by atoms with Crippen molar-refractivity contribution in [1.29, 1.82) is 0 Å². The van der Waals surface area contributed by atoms with Gasteiger partial charge in [0.25, 0.3) is 0 Å². The molecule has 0 atom stereocenters. The molecular weight excluding hydrogens is 527 g/mol. The molecular formula is C28H26Cl2SiZr. The van der Waals surface area contributed by atoms with E-state index in [9.17, 15) is 0 Å². The molecule has 0 heterocycles. The van der Waals surface area contributed by atoms with Crippen molar-refractivity contribution in [2.75, 3.05) is 0 Å². The van der Waals surface area contributed by atoms with Gasteiger partial charge in [-0.1, -0.05) is 72.8 Å². The monoisotopic (exact) mass is 550 g/mol. The Bertz CT molecular complexity index is 1140. The average molecular weight is 553 g/mol. The van der Waals surface area contributed by atoms with E-state index in [4.69, 9.17) is 0 Å². The smallest absolute Gasteiger partial charge is 0.358 e. The van der Waals surface area contributed by atoms with Gasteiger partial charge in [0.05, 0.1) is 0 Å². The Morgan fingerprint density at radius 3 is 0.781 bits per heavy atom. The summed E-state index contributed by atoms with van der Waals surface area (Å²) in [7, 11) is 0. The molecule has 0 aliphatic carbocycles. The number of hydrogen-bond acceptors (Lipinski definition) is 0. The SMILES string of the molecule is Cl.Cl.[CH3-].[CH3-].[Si].[Zr+4].c1ccc2c(c1)[cH-]c1ccccc12.c1ccc2c(c1)[cH-]c1ccccc12. The summed E-state index contributed by atoms with van der Waals surface area (Å²) in [5.41, 5.74) is 0. The second-order valence-corrected chi connectivity index (χ2v) is 6.64. The zero-order chi connectivity index (χ0) is 17.3. The molecule has 0 N–H and O–H groups in total. The fourth-order valence-corrected chi connectivity index (χ4v) is 3.81. The van der Waals surface area contributed by atoms with Gasteiger partial charge in [0.2, 0.25) is 0 Å². The van der Waals surface area contributed by atoms with Crippen molar-refractivity contribution in [2.24, 2.45) is 0 Å². The molecule has 0 bridgehead atoms. The first-order valence-corrected chi connectivity index (χ1v) is 8.96. The van der Waals surface area contributed by atoms with Gasteiger partial charge < -0.3 is 14.9 Å². The molecule has 0 nitrogen and oxygen atoms in total. The maximum Gasteiger partial charge on any atom is 4.00 e. The first-order chi connectivity index (χ1) is 12.9. The zero-order valence-electron chi connectivity index (χ0n) is 18.2. The van der Waals surface area contributed by atoms with E-state index in [0.717, 1.165) is 0 Å². The van der Waals surface area contributed by atoms with Crippen molar-refractivity contribution in [3.63, 3.8) is 0 Å². The number of fused-ring (bicyclic) bond motifs is 6. The minimum absolute atomic E-state index is 0. The van der Waals surface area contributed by atoms with E-state index < -0.39 is 0 Å². The number of halogens is 2. The molecule has 0 amide bonds. The Labute approximate surface area is 227 Å². The molecule has 6 rings (SSSR count). The minimum atomic E-state index is 0. The van der Waals surface area contributed by atoms with Crippen LogP contribution in [0.3, 0.4) is 0 Å². The van der Waals surface area contributed by atoms with E-state index in [1.54, 1.807) is 0 Å². The van der Waals surface area contributed by atoms with Crippen LogP contribution in [0.25, 0.3) is 43.1 Å². The Balaban J connectivity index is 0. The molecule has 0 fully saturated rings. The second kappa shape index (κ2) is 14.4. The Morgan fingerprint density at radius 1 is 0.375 bits per heavy atom. The van der Waals surface area contributed by atoms with Gasteiger partial charge in [0.15, 0.2) is 0 Å². The fourth-order valence-electron chi connectivity index (χ4n) is 3.81. The summed E-state index contributed by atoms with van der Waals surface area (Å²) < 4.78 is 0.